The SMILES string of the molecule is COC(=O)c1[nH]c(=O)[nH]c(=O)c1C=O. The molecule has 7 nitrogen and oxygen atoms in total. The van der Waals surface area contributed by atoms with Crippen molar-refractivity contribution in [3.8, 4) is 0 Å². The molecule has 14 heavy (non-hydrogen) atoms. The first-order valence-electron chi connectivity index (χ1n) is 3.50. The molecule has 74 valence electrons. The molecule has 0 radical (unpaired) electrons. The average Bonchev–Trinajstić information content (AvgIpc) is 2.15. The Morgan fingerprint density at radius 3 is 2.50 bits per heavy atom. The summed E-state index contributed by atoms with van der Waals surface area (Å²) in [5.74, 6) is -0.949. The Kier molecular flexibility index (Phi) is 2.61. The van der Waals surface area contributed by atoms with Crippen LogP contribution in [0.15, 0.2) is 9.59 Å². The Labute approximate surface area is 76.7 Å². The molecule has 0 aliphatic carbocycles. The molecule has 0 aliphatic heterocycles. The Bertz CT molecular complexity index is 484. The smallest absolute Gasteiger partial charge is 0.355 e. The zero-order valence-electron chi connectivity index (χ0n) is 7.12. The van der Waals surface area contributed by atoms with Crippen LogP contribution in [0.2, 0.25) is 0 Å². The molecule has 0 amide bonds. The van der Waals surface area contributed by atoms with Gasteiger partial charge in [-0.2, -0.15) is 0 Å². The van der Waals surface area contributed by atoms with Gasteiger partial charge in [-0.25, -0.2) is 9.59 Å². The van der Waals surface area contributed by atoms with Gasteiger partial charge in [0.2, 0.25) is 0 Å². The number of carbonyl (C=O) groups excluding carboxylic acids is 2. The van der Waals surface area contributed by atoms with E-state index in [1.807, 2.05) is 4.98 Å². The maximum Gasteiger partial charge on any atom is 0.355 e. The molecular formula is C7H6N2O5. The number of methoxy groups -OCH3 is 1. The summed E-state index contributed by atoms with van der Waals surface area (Å²) in [6, 6.07) is 0. The second kappa shape index (κ2) is 3.69. The predicted octanol–water partition coefficient (Wildman–Crippen LogP) is -1.34. The first-order valence-corrected chi connectivity index (χ1v) is 3.50. The highest BCUT2D eigenvalue weighted by Crippen LogP contribution is 1.95. The number of aromatic nitrogens is 2. The molecule has 0 saturated heterocycles. The molecule has 0 aromatic carbocycles. The van der Waals surface area contributed by atoms with Gasteiger partial charge in [-0.3, -0.25) is 14.6 Å². The lowest BCUT2D eigenvalue weighted by Crippen LogP contribution is -2.30. The lowest BCUT2D eigenvalue weighted by atomic mass is 10.2. The van der Waals surface area contributed by atoms with E-state index >= 15 is 0 Å². The van der Waals surface area contributed by atoms with Gasteiger partial charge in [0.05, 0.1) is 7.11 Å². The van der Waals surface area contributed by atoms with E-state index in [9.17, 15) is 19.2 Å². The minimum absolute atomic E-state index is 0.168. The summed E-state index contributed by atoms with van der Waals surface area (Å²) in [6.45, 7) is 0. The normalized spacial score (nSPS) is 9.50. The molecule has 1 heterocycles. The largest absolute Gasteiger partial charge is 0.464 e. The number of nitrogens with one attached hydrogen (secondary N) is 2. The van der Waals surface area contributed by atoms with Crippen molar-refractivity contribution in [3.05, 3.63) is 32.1 Å². The minimum Gasteiger partial charge on any atom is -0.464 e. The zero-order valence-corrected chi connectivity index (χ0v) is 7.12. The fourth-order valence-electron chi connectivity index (χ4n) is 0.872. The molecule has 0 bridgehead atoms. The average molecular weight is 198 g/mol. The molecule has 0 spiro atoms. The summed E-state index contributed by atoms with van der Waals surface area (Å²) >= 11 is 0. The number of hydrogen-bond donors (Lipinski definition) is 2. The van der Waals surface area contributed by atoms with Gasteiger partial charge in [-0.1, -0.05) is 0 Å². The Morgan fingerprint density at radius 2 is 2.00 bits per heavy atom. The van der Waals surface area contributed by atoms with Crippen LogP contribution in [0, 0.1) is 0 Å². The van der Waals surface area contributed by atoms with Gasteiger partial charge in [-0.05, 0) is 0 Å². The van der Waals surface area contributed by atoms with Gasteiger partial charge in [0.15, 0.2) is 6.29 Å². The third kappa shape index (κ3) is 1.60. The number of rotatable bonds is 2. The maximum absolute atomic E-state index is 11.0. The topological polar surface area (TPSA) is 109 Å². The van der Waals surface area contributed by atoms with Crippen molar-refractivity contribution in [1.29, 1.82) is 0 Å². The number of H-pyrrole nitrogens is 2. The lowest BCUT2D eigenvalue weighted by molar-refractivity contribution is 0.0590. The Morgan fingerprint density at radius 1 is 1.36 bits per heavy atom. The van der Waals surface area contributed by atoms with E-state index < -0.39 is 28.5 Å². The maximum atomic E-state index is 11.0. The third-order valence-electron chi connectivity index (χ3n) is 1.49. The van der Waals surface area contributed by atoms with Crippen molar-refractivity contribution >= 4 is 12.3 Å². The summed E-state index contributed by atoms with van der Waals surface area (Å²) < 4.78 is 4.27. The molecule has 1 aromatic rings. The van der Waals surface area contributed by atoms with Crippen molar-refractivity contribution in [2.45, 2.75) is 0 Å². The quantitative estimate of drug-likeness (QED) is 0.451. The minimum atomic E-state index is -0.949. The lowest BCUT2D eigenvalue weighted by Gasteiger charge is -1.99. The van der Waals surface area contributed by atoms with E-state index in [1.165, 1.54) is 0 Å². The molecule has 1 rings (SSSR count). The van der Waals surface area contributed by atoms with E-state index in [4.69, 9.17) is 0 Å². The van der Waals surface area contributed by atoms with Crippen LogP contribution in [0.5, 0.6) is 0 Å². The first-order chi connectivity index (χ1) is 6.60. The highest BCUT2D eigenvalue weighted by Gasteiger charge is 2.15. The molecule has 0 aliphatic rings. The van der Waals surface area contributed by atoms with Crippen molar-refractivity contribution in [2.24, 2.45) is 0 Å². The van der Waals surface area contributed by atoms with Crippen molar-refractivity contribution < 1.29 is 14.3 Å². The fourth-order valence-corrected chi connectivity index (χ4v) is 0.872. The first kappa shape index (κ1) is 9.90. The molecule has 2 N–H and O–H groups in total. The Hall–Kier alpha value is -2.18. The van der Waals surface area contributed by atoms with Crippen LogP contribution in [-0.4, -0.2) is 29.3 Å². The number of carbonyl (C=O) groups is 2. The fraction of sp³-hybridized carbons (Fsp3) is 0.143. The highest BCUT2D eigenvalue weighted by atomic mass is 16.5. The van der Waals surface area contributed by atoms with Crippen LogP contribution in [0.1, 0.15) is 20.8 Å². The van der Waals surface area contributed by atoms with Gasteiger partial charge in [-0.15, -0.1) is 0 Å². The number of hydrogen-bond acceptors (Lipinski definition) is 5. The van der Waals surface area contributed by atoms with E-state index in [0.29, 0.717) is 0 Å². The predicted molar refractivity (Wildman–Crippen MR) is 44.4 cm³/mol. The van der Waals surface area contributed by atoms with Gasteiger partial charge >= 0.3 is 11.7 Å². The summed E-state index contributed by atoms with van der Waals surface area (Å²) in [5, 5.41) is 0. The Balaban J connectivity index is 3.55. The van der Waals surface area contributed by atoms with Crippen molar-refractivity contribution in [3.63, 3.8) is 0 Å². The van der Waals surface area contributed by atoms with E-state index in [0.717, 1.165) is 7.11 Å². The highest BCUT2D eigenvalue weighted by molar-refractivity contribution is 5.95. The van der Waals surface area contributed by atoms with Gasteiger partial charge in [0.1, 0.15) is 11.3 Å². The van der Waals surface area contributed by atoms with Crippen LogP contribution in [0.25, 0.3) is 0 Å². The molecule has 0 fully saturated rings. The zero-order chi connectivity index (χ0) is 10.7. The van der Waals surface area contributed by atoms with Gasteiger partial charge < -0.3 is 9.72 Å². The second-order valence-electron chi connectivity index (χ2n) is 2.31. The number of aldehydes is 1. The molecule has 0 unspecified atom stereocenters. The van der Waals surface area contributed by atoms with E-state index in [1.54, 1.807) is 4.98 Å². The third-order valence-corrected chi connectivity index (χ3v) is 1.49. The number of aromatic amines is 2. The van der Waals surface area contributed by atoms with Gasteiger partial charge in [0, 0.05) is 0 Å². The molecule has 7 heteroatoms. The monoisotopic (exact) mass is 198 g/mol. The van der Waals surface area contributed by atoms with E-state index in [-0.39, 0.29) is 6.29 Å². The van der Waals surface area contributed by atoms with Crippen LogP contribution in [-0.2, 0) is 4.74 Å². The van der Waals surface area contributed by atoms with Crippen LogP contribution < -0.4 is 11.2 Å². The van der Waals surface area contributed by atoms with E-state index in [2.05, 4.69) is 4.74 Å². The summed E-state index contributed by atoms with van der Waals surface area (Å²) in [4.78, 5) is 47.0. The summed E-state index contributed by atoms with van der Waals surface area (Å²) in [5.41, 5.74) is -2.71. The second-order valence-corrected chi connectivity index (χ2v) is 2.31. The van der Waals surface area contributed by atoms with Gasteiger partial charge in [0.25, 0.3) is 5.56 Å². The standard InChI is InChI=1S/C7H6N2O5/c1-14-6(12)4-3(2-10)5(11)9-7(13)8-4/h2H,1H3,(H2,8,9,11,13). The van der Waals surface area contributed by atoms with Crippen LogP contribution in [0.4, 0.5) is 0 Å². The summed E-state index contributed by atoms with van der Waals surface area (Å²) in [6.07, 6.45) is 0.168. The molecular weight excluding hydrogens is 192 g/mol. The molecule has 0 saturated carbocycles. The molecule has 0 atom stereocenters. The molecule has 1 aromatic heterocycles. The van der Waals surface area contributed by atoms with Crippen molar-refractivity contribution in [1.82, 2.24) is 9.97 Å². The van der Waals surface area contributed by atoms with Crippen LogP contribution in [0.3, 0.4) is 0 Å². The van der Waals surface area contributed by atoms with Crippen molar-refractivity contribution in [2.75, 3.05) is 7.11 Å². The summed E-state index contributed by atoms with van der Waals surface area (Å²) in [7, 11) is 1.07. The number of esters is 1. The van der Waals surface area contributed by atoms with Crippen LogP contribution >= 0.6 is 0 Å². The number of ether oxygens (including phenoxy) is 1.